The summed E-state index contributed by atoms with van der Waals surface area (Å²) in [6, 6.07) is 7.86. The van der Waals surface area contributed by atoms with Gasteiger partial charge in [-0.3, -0.25) is 0 Å². The van der Waals surface area contributed by atoms with Crippen molar-refractivity contribution in [3.63, 3.8) is 0 Å². The molecule has 1 amide bonds. The first-order chi connectivity index (χ1) is 23.6. The highest BCUT2D eigenvalue weighted by molar-refractivity contribution is 7.89. The zero-order valence-corrected chi connectivity index (χ0v) is 22.1. The molecule has 0 spiro atoms. The number of methoxy groups -OCH3 is 1. The summed E-state index contributed by atoms with van der Waals surface area (Å²) in [5.41, 5.74) is 0.424. The molecular weight excluding hydrogens is 543 g/mol. The number of rotatable bonds is 12. The van der Waals surface area contributed by atoms with Crippen LogP contribution in [0.3, 0.4) is 0 Å². The fraction of sp³-hybridized carbons (Fsp3) is 0.536. The van der Waals surface area contributed by atoms with Crippen LogP contribution in [0.5, 0.6) is 5.75 Å². The number of aliphatic hydroxyl groups excluding tert-OH is 1. The Balaban J connectivity index is 1.74. The van der Waals surface area contributed by atoms with Crippen LogP contribution in [0.25, 0.3) is 0 Å². The molecule has 2 saturated heterocycles. The van der Waals surface area contributed by atoms with Gasteiger partial charge in [0.05, 0.1) is 51.4 Å². The van der Waals surface area contributed by atoms with Gasteiger partial charge in [0.15, 0.2) is 17.9 Å². The number of aliphatic hydroxyl groups is 1. The predicted octanol–water partition coefficient (Wildman–Crippen LogP) is 2.94. The van der Waals surface area contributed by atoms with Crippen LogP contribution in [-0.2, 0) is 30.7 Å². The van der Waals surface area contributed by atoms with E-state index in [-0.39, 0.29) is 29.8 Å². The lowest BCUT2D eigenvalue weighted by molar-refractivity contribution is -0.0907. The molecule has 2 aromatic rings. The number of fused-ring (bicyclic) bond motifs is 1. The summed E-state index contributed by atoms with van der Waals surface area (Å²) in [4.78, 5) is 12.3. The number of sulfonamides is 1. The van der Waals surface area contributed by atoms with E-state index in [1.54, 1.807) is 30.3 Å². The first kappa shape index (κ1) is 17.9. The summed E-state index contributed by atoms with van der Waals surface area (Å²) in [7, 11) is -8.57. The molecule has 2 aromatic carbocycles. The van der Waals surface area contributed by atoms with E-state index < -0.39 is 102 Å². The molecule has 2 aliphatic heterocycles. The molecule has 2 aliphatic rings. The molecule has 4 rings (SSSR count). The summed E-state index contributed by atoms with van der Waals surface area (Å²) in [6.07, 6.45) is -7.67. The number of amides is 1. The number of hydrogen-bond acceptors (Lipinski definition) is 8. The minimum absolute atomic E-state index is 0.0863. The first-order valence-corrected chi connectivity index (χ1v) is 13.6. The van der Waals surface area contributed by atoms with E-state index in [2.05, 4.69) is 10.1 Å². The molecular formula is C28H37FN2O8S. The molecule has 2 heterocycles. The van der Waals surface area contributed by atoms with E-state index in [9.17, 15) is 22.7 Å². The van der Waals surface area contributed by atoms with Gasteiger partial charge in [0.1, 0.15) is 6.08 Å². The van der Waals surface area contributed by atoms with Crippen LogP contribution in [-0.4, -0.2) is 81.7 Å². The average molecular weight is 593 g/mol. The summed E-state index contributed by atoms with van der Waals surface area (Å²) < 4.78 is 159. The lowest BCUT2D eigenvalue weighted by Crippen LogP contribution is -2.51. The highest BCUT2D eigenvalue weighted by atomic mass is 32.2. The minimum atomic E-state index is -5.43. The number of nitrogens with zero attached hydrogens (tertiary/aromatic N) is 1. The molecule has 40 heavy (non-hydrogen) atoms. The number of carbonyl (C=O) groups excluding carboxylic acids is 1. The molecule has 0 aliphatic carbocycles. The zero-order valence-electron chi connectivity index (χ0n) is 33.3. The van der Waals surface area contributed by atoms with Gasteiger partial charge in [-0.1, -0.05) is 44.1 Å². The van der Waals surface area contributed by atoms with Gasteiger partial charge < -0.3 is 29.4 Å². The zero-order chi connectivity index (χ0) is 39.3. The third-order valence-electron chi connectivity index (χ3n) is 6.17. The van der Waals surface area contributed by atoms with Gasteiger partial charge >= 0.3 is 6.09 Å². The van der Waals surface area contributed by atoms with Gasteiger partial charge in [-0.2, -0.15) is 4.31 Å². The van der Waals surface area contributed by atoms with Crippen molar-refractivity contribution in [2.24, 2.45) is 11.8 Å². The average Bonchev–Trinajstić information content (AvgIpc) is 3.53. The van der Waals surface area contributed by atoms with Crippen LogP contribution in [0.15, 0.2) is 53.4 Å². The largest absolute Gasteiger partial charge is 0.494 e. The number of ether oxygens (including phenoxy) is 4. The van der Waals surface area contributed by atoms with Crippen LogP contribution in [0.1, 0.15) is 42.2 Å². The Bertz CT molecular complexity index is 1720. The van der Waals surface area contributed by atoms with Crippen molar-refractivity contribution in [1.82, 2.24) is 9.62 Å². The van der Waals surface area contributed by atoms with Gasteiger partial charge in [-0.25, -0.2) is 17.6 Å². The molecule has 12 heteroatoms. The number of hydrogen-bond donors (Lipinski definition) is 2. The Hall–Kier alpha value is -2.77. The van der Waals surface area contributed by atoms with E-state index in [1.165, 1.54) is 0 Å². The van der Waals surface area contributed by atoms with Crippen molar-refractivity contribution < 1.29 is 58.1 Å². The lowest BCUT2D eigenvalue weighted by Gasteiger charge is -2.31. The molecule has 0 saturated carbocycles. The van der Waals surface area contributed by atoms with Crippen molar-refractivity contribution in [2.75, 3.05) is 33.2 Å². The number of alkyl carbamates (subject to hydrolysis) is 1. The quantitative estimate of drug-likeness (QED) is 0.386. The van der Waals surface area contributed by atoms with Gasteiger partial charge in [0.2, 0.25) is 10.0 Å². The van der Waals surface area contributed by atoms with Gasteiger partial charge in [0.25, 0.3) is 0 Å². The summed E-state index contributed by atoms with van der Waals surface area (Å²) in [5, 5.41) is 13.8. The maximum atomic E-state index is 15.0. The van der Waals surface area contributed by atoms with Crippen molar-refractivity contribution >= 4 is 16.1 Å². The SMILES string of the molecule is [2H]C([2H])([2H])Oc1ccc(S(=O)(=O)N(C[C@@H](O)[C@H](Cc2ccccc2)NC(=O)O[C@]2([2H])[C@@H]3CCO[C@@H]3OC2([2H])[2H])C([2H])([2H])C([2H])(C)C([2H])([2H])[2H])cc1F. The Labute approximate surface area is 251 Å². The Morgan fingerprint density at radius 2 is 2.17 bits per heavy atom. The molecule has 6 atom stereocenters. The molecule has 10 nitrogen and oxygen atoms in total. The Morgan fingerprint density at radius 3 is 2.90 bits per heavy atom. The second-order valence-corrected chi connectivity index (χ2v) is 10.9. The molecule has 0 radical (unpaired) electrons. The van der Waals surface area contributed by atoms with Crippen LogP contribution in [0, 0.1) is 17.6 Å². The third kappa shape index (κ3) is 7.29. The topological polar surface area (TPSA) is 124 Å². The fourth-order valence-corrected chi connectivity index (χ4v) is 5.55. The Kier molecular flexibility index (Phi) is 5.94. The monoisotopic (exact) mass is 592 g/mol. The molecule has 2 N–H and O–H groups in total. The van der Waals surface area contributed by atoms with Crippen LogP contribution >= 0.6 is 0 Å². The van der Waals surface area contributed by atoms with E-state index >= 15 is 0 Å². The highest BCUT2D eigenvalue weighted by Gasteiger charge is 2.44. The number of halogens is 1. The van der Waals surface area contributed by atoms with Crippen molar-refractivity contribution in [1.29, 1.82) is 0 Å². The van der Waals surface area contributed by atoms with Crippen molar-refractivity contribution in [3.05, 3.63) is 59.9 Å². The van der Waals surface area contributed by atoms with E-state index in [4.69, 9.17) is 30.7 Å². The number of benzene rings is 2. The summed E-state index contributed by atoms with van der Waals surface area (Å²) >= 11 is 0. The molecule has 0 bridgehead atoms. The predicted molar refractivity (Wildman–Crippen MR) is 144 cm³/mol. The fourth-order valence-electron chi connectivity index (χ4n) is 4.19. The van der Waals surface area contributed by atoms with Crippen LogP contribution in [0.4, 0.5) is 9.18 Å². The second kappa shape index (κ2) is 13.3. The molecule has 1 unspecified atom stereocenters. The third-order valence-corrected chi connectivity index (χ3v) is 7.84. The molecule has 2 fully saturated rings. The smallest absolute Gasteiger partial charge is 0.407 e. The lowest BCUT2D eigenvalue weighted by atomic mass is 10.0. The normalized spacial score (nSPS) is 32.2. The second-order valence-electron chi connectivity index (χ2n) is 9.08. The highest BCUT2D eigenvalue weighted by Crippen LogP contribution is 2.33. The minimum Gasteiger partial charge on any atom is -0.494 e. The van der Waals surface area contributed by atoms with Crippen molar-refractivity contribution in [3.8, 4) is 5.75 Å². The molecule has 220 valence electrons. The number of nitrogens with one attached hydrogen (secondary N) is 1. The van der Waals surface area contributed by atoms with Gasteiger partial charge in [-0.05, 0) is 42.5 Å². The van der Waals surface area contributed by atoms with E-state index in [1.807, 2.05) is 0 Å². The standard InChI is InChI=1S/C28H37FN2O8S/c1-18(2)15-31(40(34,35)20-9-10-25(36-3)22(29)14-20)16-24(32)23(13-19-7-5-4-6-8-19)30-28(33)39-26-17-38-27-21(26)11-12-37-27/h4-10,14,18,21,23-24,26-27,32H,11-13,15-17H2,1-3H3,(H,30,33)/t21-,23-,24+,26-,27+/m0/s1/i1D3,3D3,15D2,17D2,18D,26D/t18?,21-,23-,24+,26-,27+. The summed E-state index contributed by atoms with van der Waals surface area (Å²) in [6.45, 7) is -10.7. The van der Waals surface area contributed by atoms with Crippen molar-refractivity contribution in [2.45, 2.75) is 56.0 Å². The van der Waals surface area contributed by atoms with E-state index in [0.29, 0.717) is 24.6 Å². The molecule has 0 aromatic heterocycles. The maximum absolute atomic E-state index is 15.0. The van der Waals surface area contributed by atoms with Gasteiger partial charge in [-0.15, -0.1) is 0 Å². The Morgan fingerprint density at radius 1 is 1.38 bits per heavy atom. The van der Waals surface area contributed by atoms with Crippen LogP contribution in [0.2, 0.25) is 0 Å². The van der Waals surface area contributed by atoms with Crippen LogP contribution < -0.4 is 10.1 Å². The summed E-state index contributed by atoms with van der Waals surface area (Å²) in [5.74, 6) is -6.70. The maximum Gasteiger partial charge on any atom is 0.407 e. The number of carbonyl (C=O) groups is 1. The first-order valence-electron chi connectivity index (χ1n) is 18.2. The van der Waals surface area contributed by atoms with Gasteiger partial charge in [0, 0.05) is 21.3 Å². The van der Waals surface area contributed by atoms with E-state index in [0.717, 1.165) is 0 Å².